The van der Waals surface area contributed by atoms with Crippen LogP contribution in [0, 0.1) is 0 Å². The van der Waals surface area contributed by atoms with Crippen LogP contribution in [0.25, 0.3) is 5.76 Å². The number of likely N-dealkylation sites (tertiary alicyclic amines) is 1. The molecule has 4 rings (SSSR count). The normalized spacial score (nSPS) is 17.6. The van der Waals surface area contributed by atoms with E-state index in [9.17, 15) is 14.7 Å². The third kappa shape index (κ3) is 3.99. The van der Waals surface area contributed by atoms with Gasteiger partial charge in [-0.15, -0.1) is 0 Å². The van der Waals surface area contributed by atoms with E-state index < -0.39 is 17.7 Å². The van der Waals surface area contributed by atoms with E-state index >= 15 is 0 Å². The number of benzene rings is 2. The van der Waals surface area contributed by atoms with Crippen molar-refractivity contribution in [3.05, 3.63) is 101 Å². The lowest BCUT2D eigenvalue weighted by Gasteiger charge is -2.25. The summed E-state index contributed by atoms with van der Waals surface area (Å²) < 4.78 is 5.20. The Morgan fingerprint density at radius 2 is 1.59 bits per heavy atom. The molecule has 1 saturated heterocycles. The lowest BCUT2D eigenvalue weighted by atomic mass is 9.95. The fourth-order valence-electron chi connectivity index (χ4n) is 3.92. The van der Waals surface area contributed by atoms with E-state index in [0.717, 1.165) is 17.5 Å². The second kappa shape index (κ2) is 9.06. The highest BCUT2D eigenvalue weighted by Crippen LogP contribution is 2.40. The van der Waals surface area contributed by atoms with E-state index in [1.807, 2.05) is 43.3 Å². The number of aryl methyl sites for hydroxylation is 1. The molecule has 0 saturated carbocycles. The van der Waals surface area contributed by atoms with Crippen molar-refractivity contribution in [3.63, 3.8) is 0 Å². The maximum absolute atomic E-state index is 13.1. The summed E-state index contributed by atoms with van der Waals surface area (Å²) in [6.07, 6.45) is 4.09. The zero-order valence-electron chi connectivity index (χ0n) is 18.0. The number of nitrogens with zero attached hydrogens (tertiary/aromatic N) is 2. The number of hydrogen-bond acceptors (Lipinski definition) is 5. The zero-order valence-corrected chi connectivity index (χ0v) is 18.0. The van der Waals surface area contributed by atoms with Crippen molar-refractivity contribution < 1.29 is 19.4 Å². The molecular formula is C26H24N2O4. The largest absolute Gasteiger partial charge is 0.507 e. The van der Waals surface area contributed by atoms with Crippen molar-refractivity contribution >= 4 is 17.4 Å². The standard InChI is InChI=1S/C26H24N2O4/c1-3-17-4-8-20(9-5-17)24(29)22-23(19-12-14-27-15-13-19)28(26(31)25(22)30)16-18-6-10-21(32-2)11-7-18/h4-15,23,29H,3,16H2,1-2H3/b24-22-. The maximum atomic E-state index is 13.1. The highest BCUT2D eigenvalue weighted by atomic mass is 16.5. The van der Waals surface area contributed by atoms with Gasteiger partial charge in [-0.05, 0) is 47.4 Å². The van der Waals surface area contributed by atoms with Gasteiger partial charge in [-0.25, -0.2) is 0 Å². The Labute approximate surface area is 186 Å². The molecular weight excluding hydrogens is 404 g/mol. The summed E-state index contributed by atoms with van der Waals surface area (Å²) in [5.74, 6) is -0.811. The molecule has 1 N–H and O–H groups in total. The van der Waals surface area contributed by atoms with Crippen LogP contribution >= 0.6 is 0 Å². The number of Topliss-reactive ketones (excluding diaryl/α,β-unsaturated/α-hetero) is 1. The number of aliphatic hydroxyl groups excluding tert-OH is 1. The lowest BCUT2D eigenvalue weighted by Crippen LogP contribution is -2.29. The van der Waals surface area contributed by atoms with E-state index in [-0.39, 0.29) is 17.9 Å². The number of pyridine rings is 1. The van der Waals surface area contributed by atoms with E-state index in [1.54, 1.807) is 43.8 Å². The van der Waals surface area contributed by atoms with E-state index in [0.29, 0.717) is 16.9 Å². The summed E-state index contributed by atoms with van der Waals surface area (Å²) in [6, 6.07) is 17.5. The highest BCUT2D eigenvalue weighted by molar-refractivity contribution is 6.46. The summed E-state index contributed by atoms with van der Waals surface area (Å²) >= 11 is 0. The van der Waals surface area contributed by atoms with E-state index in [1.165, 1.54) is 4.90 Å². The molecule has 2 heterocycles. The molecule has 0 bridgehead atoms. The van der Waals surface area contributed by atoms with Gasteiger partial charge in [0.1, 0.15) is 11.5 Å². The molecule has 0 aliphatic carbocycles. The Hall–Kier alpha value is -3.93. The lowest BCUT2D eigenvalue weighted by molar-refractivity contribution is -0.140. The van der Waals surface area contributed by atoms with Gasteiger partial charge in [-0.3, -0.25) is 14.6 Å². The molecule has 6 heteroatoms. The molecule has 1 atom stereocenters. The third-order valence-corrected chi connectivity index (χ3v) is 5.71. The maximum Gasteiger partial charge on any atom is 0.295 e. The number of aliphatic hydroxyl groups is 1. The summed E-state index contributed by atoms with van der Waals surface area (Å²) in [7, 11) is 1.59. The topological polar surface area (TPSA) is 79.7 Å². The van der Waals surface area contributed by atoms with Crippen LogP contribution in [0.1, 0.15) is 35.2 Å². The van der Waals surface area contributed by atoms with Crippen LogP contribution in [0.5, 0.6) is 5.75 Å². The molecule has 3 aromatic rings. The second-order valence-corrected chi connectivity index (χ2v) is 7.61. The Kier molecular flexibility index (Phi) is 6.03. The molecule has 2 aromatic carbocycles. The monoisotopic (exact) mass is 428 g/mol. The summed E-state index contributed by atoms with van der Waals surface area (Å²) in [6.45, 7) is 2.26. The predicted molar refractivity (Wildman–Crippen MR) is 121 cm³/mol. The summed E-state index contributed by atoms with van der Waals surface area (Å²) in [4.78, 5) is 31.7. The van der Waals surface area contributed by atoms with Crippen molar-refractivity contribution in [2.45, 2.75) is 25.9 Å². The molecule has 1 aliphatic rings. The SMILES string of the molecule is CCc1ccc(/C(O)=C2/C(=O)C(=O)N(Cc3ccc(OC)cc3)C2c2ccncc2)cc1. The fourth-order valence-corrected chi connectivity index (χ4v) is 3.92. The van der Waals surface area contributed by atoms with Gasteiger partial charge < -0.3 is 14.7 Å². The number of ether oxygens (including phenoxy) is 1. The van der Waals surface area contributed by atoms with Gasteiger partial charge >= 0.3 is 0 Å². The Balaban J connectivity index is 1.79. The van der Waals surface area contributed by atoms with Gasteiger partial charge in [0.2, 0.25) is 0 Å². The molecule has 1 fully saturated rings. The van der Waals surface area contributed by atoms with Crippen LogP contribution in [0.15, 0.2) is 78.6 Å². The molecule has 1 aliphatic heterocycles. The van der Waals surface area contributed by atoms with Crippen molar-refractivity contribution in [3.8, 4) is 5.75 Å². The average Bonchev–Trinajstić information content (AvgIpc) is 3.09. The van der Waals surface area contributed by atoms with Crippen molar-refractivity contribution in [2.75, 3.05) is 7.11 Å². The number of ketones is 1. The van der Waals surface area contributed by atoms with Gasteiger partial charge in [0, 0.05) is 24.5 Å². The minimum Gasteiger partial charge on any atom is -0.507 e. The van der Waals surface area contributed by atoms with Crippen LogP contribution < -0.4 is 4.74 Å². The molecule has 0 spiro atoms. The minimum absolute atomic E-state index is 0.0824. The first kappa shape index (κ1) is 21.3. The minimum atomic E-state index is -0.717. The Bertz CT molecular complexity index is 1150. The Morgan fingerprint density at radius 1 is 0.969 bits per heavy atom. The van der Waals surface area contributed by atoms with E-state index in [2.05, 4.69) is 4.98 Å². The van der Waals surface area contributed by atoms with E-state index in [4.69, 9.17) is 4.74 Å². The number of methoxy groups -OCH3 is 1. The molecule has 1 amide bonds. The van der Waals surface area contributed by atoms with Crippen LogP contribution in [0.2, 0.25) is 0 Å². The van der Waals surface area contributed by atoms with Crippen LogP contribution in [0.3, 0.4) is 0 Å². The number of aromatic nitrogens is 1. The van der Waals surface area contributed by atoms with Gasteiger partial charge in [0.25, 0.3) is 11.7 Å². The second-order valence-electron chi connectivity index (χ2n) is 7.61. The van der Waals surface area contributed by atoms with Crippen molar-refractivity contribution in [1.29, 1.82) is 0 Å². The molecule has 1 unspecified atom stereocenters. The first-order chi connectivity index (χ1) is 15.5. The van der Waals surface area contributed by atoms with Gasteiger partial charge in [-0.1, -0.05) is 43.3 Å². The number of carbonyl (C=O) groups excluding carboxylic acids is 2. The molecule has 162 valence electrons. The van der Waals surface area contributed by atoms with Crippen LogP contribution in [-0.2, 0) is 22.6 Å². The number of amides is 1. The number of carbonyl (C=O) groups is 2. The molecule has 0 radical (unpaired) electrons. The highest BCUT2D eigenvalue weighted by Gasteiger charge is 2.46. The number of rotatable bonds is 6. The first-order valence-corrected chi connectivity index (χ1v) is 10.4. The van der Waals surface area contributed by atoms with Gasteiger partial charge in [-0.2, -0.15) is 0 Å². The Morgan fingerprint density at radius 3 is 2.19 bits per heavy atom. The third-order valence-electron chi connectivity index (χ3n) is 5.71. The smallest absolute Gasteiger partial charge is 0.295 e. The molecule has 32 heavy (non-hydrogen) atoms. The fraction of sp³-hybridized carbons (Fsp3) is 0.192. The molecule has 1 aromatic heterocycles. The van der Waals surface area contributed by atoms with Crippen LogP contribution in [0.4, 0.5) is 0 Å². The van der Waals surface area contributed by atoms with Crippen molar-refractivity contribution in [1.82, 2.24) is 9.88 Å². The first-order valence-electron chi connectivity index (χ1n) is 10.4. The quantitative estimate of drug-likeness (QED) is 0.360. The zero-order chi connectivity index (χ0) is 22.7. The van der Waals surface area contributed by atoms with Crippen molar-refractivity contribution in [2.24, 2.45) is 0 Å². The number of hydrogen-bond donors (Lipinski definition) is 1. The summed E-state index contributed by atoms with van der Waals surface area (Å²) in [5.41, 5.74) is 3.26. The molecule has 6 nitrogen and oxygen atoms in total. The van der Waals surface area contributed by atoms with Gasteiger partial charge in [0.15, 0.2) is 0 Å². The van der Waals surface area contributed by atoms with Gasteiger partial charge in [0.05, 0.1) is 18.7 Å². The van der Waals surface area contributed by atoms with Crippen LogP contribution in [-0.4, -0.2) is 33.8 Å². The predicted octanol–water partition coefficient (Wildman–Crippen LogP) is 4.27. The average molecular weight is 428 g/mol. The summed E-state index contributed by atoms with van der Waals surface area (Å²) in [5, 5.41) is 11.1.